The van der Waals surface area contributed by atoms with E-state index in [9.17, 15) is 4.79 Å². The first-order chi connectivity index (χ1) is 17.5. The third kappa shape index (κ3) is 4.31. The maximum atomic E-state index is 12.8. The second kappa shape index (κ2) is 9.82. The Labute approximate surface area is 211 Å². The van der Waals surface area contributed by atoms with E-state index in [-0.39, 0.29) is 0 Å². The number of para-hydroxylation sites is 1. The molecular formula is C32H30N2O2. The molecular weight excluding hydrogens is 444 g/mol. The van der Waals surface area contributed by atoms with E-state index < -0.39 is 5.97 Å². The third-order valence-electron chi connectivity index (χ3n) is 6.64. The highest BCUT2D eigenvalue weighted by atomic mass is 16.7. The molecule has 0 spiro atoms. The van der Waals surface area contributed by atoms with Crippen LogP contribution in [0.2, 0.25) is 0 Å². The molecule has 0 saturated heterocycles. The Balaban J connectivity index is 1.69. The Hall–Kier alpha value is -4.18. The average Bonchev–Trinajstić information content (AvgIpc) is 3.19. The number of fused-ring (bicyclic) bond motifs is 3. The summed E-state index contributed by atoms with van der Waals surface area (Å²) in [5.41, 5.74) is 8.82. The standard InChI is InChI=1S/C32H30N2O2/c1-5-17-34-28-14-10-9-13-26(28)27-20-25(15-16-29(27)34)31(30-22(3)18-21(2)19-23(30)4)33-36-32(35)24-11-7-6-8-12-24/h6-16,18-20H,5,17H2,1-4H3/b33-31+. The van der Waals surface area contributed by atoms with Crippen molar-refractivity contribution in [3.63, 3.8) is 0 Å². The molecule has 0 radical (unpaired) electrons. The fourth-order valence-corrected chi connectivity index (χ4v) is 5.18. The number of hydrogen-bond acceptors (Lipinski definition) is 3. The van der Waals surface area contributed by atoms with Crippen molar-refractivity contribution in [2.45, 2.75) is 40.7 Å². The first-order valence-corrected chi connectivity index (χ1v) is 12.4. The van der Waals surface area contributed by atoms with Gasteiger partial charge in [-0.1, -0.05) is 72.2 Å². The second-order valence-corrected chi connectivity index (χ2v) is 9.36. The smallest absolute Gasteiger partial charge is 0.340 e. The number of hydrogen-bond donors (Lipinski definition) is 0. The van der Waals surface area contributed by atoms with E-state index >= 15 is 0 Å². The van der Waals surface area contributed by atoms with E-state index in [0.29, 0.717) is 11.3 Å². The van der Waals surface area contributed by atoms with Crippen molar-refractivity contribution in [3.05, 3.63) is 118 Å². The van der Waals surface area contributed by atoms with E-state index in [2.05, 4.69) is 92.0 Å². The Morgan fingerprint density at radius 3 is 2.17 bits per heavy atom. The van der Waals surface area contributed by atoms with Crippen LogP contribution >= 0.6 is 0 Å². The van der Waals surface area contributed by atoms with Crippen LogP contribution in [-0.4, -0.2) is 16.2 Å². The van der Waals surface area contributed by atoms with Gasteiger partial charge in [-0.3, -0.25) is 0 Å². The number of carbonyl (C=O) groups excluding carboxylic acids is 1. The third-order valence-corrected chi connectivity index (χ3v) is 6.64. The molecule has 0 bridgehead atoms. The number of oxime groups is 1. The number of carbonyl (C=O) groups is 1. The minimum Gasteiger partial charge on any atom is -0.340 e. The Morgan fingerprint density at radius 2 is 1.44 bits per heavy atom. The molecule has 0 N–H and O–H groups in total. The van der Waals surface area contributed by atoms with Crippen molar-refractivity contribution in [2.75, 3.05) is 0 Å². The highest BCUT2D eigenvalue weighted by Gasteiger charge is 2.18. The summed E-state index contributed by atoms with van der Waals surface area (Å²) in [7, 11) is 0. The Morgan fingerprint density at radius 1 is 0.778 bits per heavy atom. The molecule has 0 aliphatic heterocycles. The minimum atomic E-state index is -0.476. The van der Waals surface area contributed by atoms with E-state index in [4.69, 9.17) is 4.84 Å². The zero-order valence-corrected chi connectivity index (χ0v) is 21.2. The van der Waals surface area contributed by atoms with Crippen LogP contribution in [0.1, 0.15) is 51.5 Å². The van der Waals surface area contributed by atoms with Gasteiger partial charge >= 0.3 is 5.97 Å². The molecule has 0 atom stereocenters. The Bertz CT molecular complexity index is 1590. The molecule has 0 fully saturated rings. The van der Waals surface area contributed by atoms with Crippen LogP contribution in [0.5, 0.6) is 0 Å². The van der Waals surface area contributed by atoms with Crippen molar-refractivity contribution in [1.29, 1.82) is 0 Å². The van der Waals surface area contributed by atoms with E-state index in [1.165, 1.54) is 27.4 Å². The predicted molar refractivity (Wildman–Crippen MR) is 148 cm³/mol. The van der Waals surface area contributed by atoms with E-state index in [1.807, 2.05) is 18.2 Å². The number of benzene rings is 4. The van der Waals surface area contributed by atoms with Gasteiger partial charge < -0.3 is 9.40 Å². The SMILES string of the molecule is CCCn1c2ccccc2c2cc(/C(=N\OC(=O)c3ccccc3)c3c(C)cc(C)cc3C)ccc21. The van der Waals surface area contributed by atoms with Gasteiger partial charge in [-0.05, 0) is 68.7 Å². The molecule has 5 rings (SSSR count). The summed E-state index contributed by atoms with van der Waals surface area (Å²) in [5, 5.41) is 6.86. The molecule has 180 valence electrons. The molecule has 5 aromatic rings. The van der Waals surface area contributed by atoms with Gasteiger partial charge in [0.05, 0.1) is 5.56 Å². The van der Waals surface area contributed by atoms with Crippen molar-refractivity contribution in [2.24, 2.45) is 5.16 Å². The van der Waals surface area contributed by atoms with Crippen molar-refractivity contribution >= 4 is 33.5 Å². The van der Waals surface area contributed by atoms with Gasteiger partial charge in [0.2, 0.25) is 0 Å². The molecule has 0 aliphatic rings. The second-order valence-electron chi connectivity index (χ2n) is 9.36. The molecule has 0 amide bonds. The topological polar surface area (TPSA) is 43.6 Å². The monoisotopic (exact) mass is 474 g/mol. The molecule has 36 heavy (non-hydrogen) atoms. The zero-order valence-electron chi connectivity index (χ0n) is 21.2. The molecule has 0 aliphatic carbocycles. The van der Waals surface area contributed by atoms with Crippen LogP contribution in [-0.2, 0) is 11.4 Å². The highest BCUT2D eigenvalue weighted by Crippen LogP contribution is 2.31. The maximum Gasteiger partial charge on any atom is 0.365 e. The van der Waals surface area contributed by atoms with E-state index in [1.54, 1.807) is 12.1 Å². The lowest BCUT2D eigenvalue weighted by molar-refractivity contribution is 0.0517. The largest absolute Gasteiger partial charge is 0.365 e. The first-order valence-electron chi connectivity index (χ1n) is 12.4. The number of nitrogens with zero attached hydrogens (tertiary/aromatic N) is 2. The number of aryl methyl sites for hydroxylation is 4. The van der Waals surface area contributed by atoms with Gasteiger partial charge in [0.15, 0.2) is 0 Å². The van der Waals surface area contributed by atoms with Crippen LogP contribution in [0.4, 0.5) is 0 Å². The lowest BCUT2D eigenvalue weighted by atomic mass is 9.92. The highest BCUT2D eigenvalue weighted by molar-refractivity contribution is 6.18. The van der Waals surface area contributed by atoms with Gasteiger partial charge in [0, 0.05) is 39.5 Å². The summed E-state index contributed by atoms with van der Waals surface area (Å²) in [4.78, 5) is 18.3. The van der Waals surface area contributed by atoms with Crippen molar-refractivity contribution < 1.29 is 9.63 Å². The summed E-state index contributed by atoms with van der Waals surface area (Å²) in [6.45, 7) is 9.40. The molecule has 1 heterocycles. The normalized spacial score (nSPS) is 11.8. The van der Waals surface area contributed by atoms with Gasteiger partial charge in [0.1, 0.15) is 5.71 Å². The lowest BCUT2D eigenvalue weighted by Crippen LogP contribution is -2.11. The van der Waals surface area contributed by atoms with Crippen molar-refractivity contribution in [3.8, 4) is 0 Å². The van der Waals surface area contributed by atoms with Crippen LogP contribution in [0.3, 0.4) is 0 Å². The van der Waals surface area contributed by atoms with Crippen LogP contribution in [0.15, 0.2) is 90.1 Å². The summed E-state index contributed by atoms with van der Waals surface area (Å²) < 4.78 is 2.38. The van der Waals surface area contributed by atoms with Crippen LogP contribution in [0, 0.1) is 20.8 Å². The van der Waals surface area contributed by atoms with Crippen molar-refractivity contribution in [1.82, 2.24) is 4.57 Å². The summed E-state index contributed by atoms with van der Waals surface area (Å²) in [6, 6.07) is 28.2. The first kappa shape index (κ1) is 23.6. The fraction of sp³-hybridized carbons (Fsp3) is 0.188. The van der Waals surface area contributed by atoms with Crippen LogP contribution < -0.4 is 0 Å². The minimum absolute atomic E-state index is 0.469. The lowest BCUT2D eigenvalue weighted by Gasteiger charge is -2.14. The molecule has 0 unspecified atom stereocenters. The summed E-state index contributed by atoms with van der Waals surface area (Å²) in [5.74, 6) is -0.476. The van der Waals surface area contributed by atoms with E-state index in [0.717, 1.165) is 35.2 Å². The molecule has 4 heteroatoms. The maximum absolute atomic E-state index is 12.8. The quantitative estimate of drug-likeness (QED) is 0.143. The van der Waals surface area contributed by atoms with Gasteiger partial charge in [0.25, 0.3) is 0 Å². The average molecular weight is 475 g/mol. The number of aromatic nitrogens is 1. The summed E-state index contributed by atoms with van der Waals surface area (Å²) >= 11 is 0. The van der Waals surface area contributed by atoms with Gasteiger partial charge in [-0.2, -0.15) is 0 Å². The molecule has 1 aromatic heterocycles. The predicted octanol–water partition coefficient (Wildman–Crippen LogP) is 7.74. The fourth-order valence-electron chi connectivity index (χ4n) is 5.18. The van der Waals surface area contributed by atoms with Gasteiger partial charge in [-0.25, -0.2) is 4.79 Å². The summed E-state index contributed by atoms with van der Waals surface area (Å²) in [6.07, 6.45) is 1.05. The van der Waals surface area contributed by atoms with Crippen LogP contribution in [0.25, 0.3) is 21.8 Å². The number of rotatable bonds is 6. The zero-order chi connectivity index (χ0) is 25.2. The Kier molecular flexibility index (Phi) is 6.43. The molecule has 4 aromatic carbocycles. The molecule has 4 nitrogen and oxygen atoms in total. The molecule has 0 saturated carbocycles. The van der Waals surface area contributed by atoms with Gasteiger partial charge in [-0.15, -0.1) is 0 Å².